The van der Waals surface area contributed by atoms with Crippen LogP contribution in [0.25, 0.3) is 0 Å². The minimum atomic E-state index is -2.64. The first kappa shape index (κ1) is 13.4. The second-order valence-electron chi connectivity index (χ2n) is 5.49. The Hall–Kier alpha value is -1.60. The monoisotopic (exact) mass is 285 g/mol. The molecule has 0 saturated carbocycles. The van der Waals surface area contributed by atoms with E-state index in [1.165, 1.54) is 4.90 Å². The Labute approximate surface area is 115 Å². The van der Waals surface area contributed by atoms with Gasteiger partial charge >= 0.3 is 0 Å². The van der Waals surface area contributed by atoms with E-state index in [4.69, 9.17) is 0 Å². The van der Waals surface area contributed by atoms with Crippen molar-refractivity contribution in [1.29, 1.82) is 0 Å². The van der Waals surface area contributed by atoms with Crippen molar-refractivity contribution in [2.75, 3.05) is 13.1 Å². The van der Waals surface area contributed by atoms with Gasteiger partial charge in [-0.05, 0) is 23.3 Å². The molecule has 0 bridgehead atoms. The molecule has 1 amide bonds. The van der Waals surface area contributed by atoms with Gasteiger partial charge in [0.25, 0.3) is 5.92 Å². The number of carbonyl (C=O) groups is 1. The first-order chi connectivity index (χ1) is 9.57. The van der Waals surface area contributed by atoms with Gasteiger partial charge in [0.1, 0.15) is 0 Å². The molecule has 6 nitrogen and oxygen atoms in total. The number of hydrogen-bond acceptors (Lipinski definition) is 4. The molecule has 2 aliphatic heterocycles. The molecule has 1 aromatic heterocycles. The highest BCUT2D eigenvalue weighted by molar-refractivity contribution is 5.83. The molecule has 3 heterocycles. The van der Waals surface area contributed by atoms with E-state index in [9.17, 15) is 13.6 Å². The number of hydrogen-bond donors (Lipinski definition) is 0. The fourth-order valence-corrected chi connectivity index (χ4v) is 2.87. The molecule has 0 aromatic carbocycles. The van der Waals surface area contributed by atoms with E-state index >= 15 is 0 Å². The molecule has 3 rings (SSSR count). The lowest BCUT2D eigenvalue weighted by Gasteiger charge is -2.33. The molecule has 0 N–H and O–H groups in total. The van der Waals surface area contributed by atoms with E-state index in [0.717, 1.165) is 12.8 Å². The average Bonchev–Trinajstić information content (AvgIpc) is 2.78. The Balaban J connectivity index is 1.75. The molecule has 1 aromatic rings. The summed E-state index contributed by atoms with van der Waals surface area (Å²) in [7, 11) is 0. The Morgan fingerprint density at radius 3 is 2.70 bits per heavy atom. The average molecular weight is 285 g/mol. The summed E-state index contributed by atoms with van der Waals surface area (Å²) in [4.78, 5) is 14.1. The number of tetrazole rings is 1. The zero-order chi connectivity index (χ0) is 14.2. The van der Waals surface area contributed by atoms with Crippen LogP contribution in [0, 0.1) is 0 Å². The van der Waals surface area contributed by atoms with E-state index in [1.54, 1.807) is 4.68 Å². The number of piperidine rings is 1. The van der Waals surface area contributed by atoms with Crippen LogP contribution in [0.5, 0.6) is 0 Å². The highest BCUT2D eigenvalue weighted by atomic mass is 19.3. The molecule has 0 radical (unpaired) electrons. The maximum Gasteiger partial charge on any atom is 0.251 e. The second-order valence-corrected chi connectivity index (χ2v) is 5.49. The van der Waals surface area contributed by atoms with Gasteiger partial charge in [-0.25, -0.2) is 13.5 Å². The van der Waals surface area contributed by atoms with Crippen molar-refractivity contribution in [2.45, 2.75) is 50.5 Å². The van der Waals surface area contributed by atoms with Crippen LogP contribution < -0.4 is 0 Å². The third kappa shape index (κ3) is 2.51. The van der Waals surface area contributed by atoms with Crippen LogP contribution >= 0.6 is 0 Å². The molecular weight excluding hydrogens is 268 g/mol. The van der Waals surface area contributed by atoms with E-state index in [0.29, 0.717) is 18.8 Å². The van der Waals surface area contributed by atoms with Gasteiger partial charge in [0.2, 0.25) is 5.91 Å². The largest absolute Gasteiger partial charge is 0.342 e. The first-order valence-electron chi connectivity index (χ1n) is 6.99. The number of amides is 1. The van der Waals surface area contributed by atoms with Crippen LogP contribution in [-0.4, -0.2) is 50.0 Å². The van der Waals surface area contributed by atoms with E-state index < -0.39 is 5.92 Å². The van der Waals surface area contributed by atoms with Crippen LogP contribution in [0.15, 0.2) is 0 Å². The number of halogens is 2. The summed E-state index contributed by atoms with van der Waals surface area (Å²) in [6.07, 6.45) is 2.02. The molecule has 1 fully saturated rings. The Morgan fingerprint density at radius 1 is 1.20 bits per heavy atom. The number of likely N-dealkylation sites (tertiary alicyclic amines) is 1. The molecule has 0 aliphatic carbocycles. The number of alkyl halides is 2. The number of nitrogens with zero attached hydrogens (tertiary/aromatic N) is 5. The maximum atomic E-state index is 13.2. The molecule has 1 saturated heterocycles. The third-order valence-corrected chi connectivity index (χ3v) is 4.09. The van der Waals surface area contributed by atoms with Gasteiger partial charge in [-0.3, -0.25) is 4.79 Å². The number of carbonyl (C=O) groups excluding carboxylic acids is 1. The molecular formula is C12H17F2N5O. The van der Waals surface area contributed by atoms with Crippen molar-refractivity contribution < 1.29 is 13.6 Å². The zero-order valence-electron chi connectivity index (χ0n) is 11.1. The van der Waals surface area contributed by atoms with Crippen molar-refractivity contribution in [2.24, 2.45) is 0 Å². The van der Waals surface area contributed by atoms with Gasteiger partial charge in [0.05, 0.1) is 5.92 Å². The molecule has 2 aliphatic rings. The van der Waals surface area contributed by atoms with Gasteiger partial charge < -0.3 is 4.90 Å². The van der Waals surface area contributed by atoms with Crippen molar-refractivity contribution in [3.8, 4) is 0 Å². The molecule has 110 valence electrons. The van der Waals surface area contributed by atoms with Crippen LogP contribution in [0.3, 0.4) is 0 Å². The Morgan fingerprint density at radius 2 is 1.95 bits per heavy atom. The summed E-state index contributed by atoms with van der Waals surface area (Å²) in [5.74, 6) is -2.57. The molecule has 20 heavy (non-hydrogen) atoms. The number of rotatable bonds is 1. The van der Waals surface area contributed by atoms with Crippen LogP contribution in [-0.2, 0) is 11.3 Å². The predicted molar refractivity (Wildman–Crippen MR) is 65.2 cm³/mol. The highest BCUT2D eigenvalue weighted by Crippen LogP contribution is 2.31. The topological polar surface area (TPSA) is 63.9 Å². The fourth-order valence-electron chi connectivity index (χ4n) is 2.87. The van der Waals surface area contributed by atoms with Crippen molar-refractivity contribution >= 4 is 5.91 Å². The van der Waals surface area contributed by atoms with Crippen molar-refractivity contribution in [3.63, 3.8) is 0 Å². The fraction of sp³-hybridized carbons (Fsp3) is 0.833. The normalized spacial score (nSPS) is 25.9. The smallest absolute Gasteiger partial charge is 0.251 e. The van der Waals surface area contributed by atoms with Crippen LogP contribution in [0.4, 0.5) is 8.78 Å². The van der Waals surface area contributed by atoms with Gasteiger partial charge in [-0.2, -0.15) is 0 Å². The van der Waals surface area contributed by atoms with E-state index in [1.807, 2.05) is 0 Å². The predicted octanol–water partition coefficient (Wildman–Crippen LogP) is 1.20. The quantitative estimate of drug-likeness (QED) is 0.777. The third-order valence-electron chi connectivity index (χ3n) is 4.09. The number of aryl methyl sites for hydroxylation is 1. The molecule has 0 spiro atoms. The highest BCUT2D eigenvalue weighted by Gasteiger charge is 2.39. The van der Waals surface area contributed by atoms with Crippen molar-refractivity contribution in [3.05, 3.63) is 5.82 Å². The minimum absolute atomic E-state index is 0.113. The van der Waals surface area contributed by atoms with Gasteiger partial charge in [-0.1, -0.05) is 6.42 Å². The Bertz CT molecular complexity index is 494. The zero-order valence-corrected chi connectivity index (χ0v) is 11.1. The first-order valence-corrected chi connectivity index (χ1v) is 6.99. The standard InChI is InChI=1S/C12H17F2N5O/c13-12(14)4-7-18(8-5-12)11(20)9-3-1-2-6-19-10(9)15-16-17-19/h9H,1-8H2. The molecule has 1 atom stereocenters. The lowest BCUT2D eigenvalue weighted by Crippen LogP contribution is -2.44. The summed E-state index contributed by atoms with van der Waals surface area (Å²) in [6, 6.07) is 0. The van der Waals surface area contributed by atoms with E-state index in [-0.39, 0.29) is 37.8 Å². The summed E-state index contributed by atoms with van der Waals surface area (Å²) < 4.78 is 28.0. The summed E-state index contributed by atoms with van der Waals surface area (Å²) in [6.45, 7) is 0.942. The van der Waals surface area contributed by atoms with Gasteiger partial charge in [0, 0.05) is 32.5 Å². The van der Waals surface area contributed by atoms with Gasteiger partial charge in [-0.15, -0.1) is 5.10 Å². The number of aromatic nitrogens is 4. The summed E-state index contributed by atoms with van der Waals surface area (Å²) >= 11 is 0. The minimum Gasteiger partial charge on any atom is -0.342 e. The van der Waals surface area contributed by atoms with Crippen LogP contribution in [0.2, 0.25) is 0 Å². The molecule has 8 heteroatoms. The van der Waals surface area contributed by atoms with Crippen LogP contribution in [0.1, 0.15) is 43.8 Å². The van der Waals surface area contributed by atoms with Gasteiger partial charge in [0.15, 0.2) is 5.82 Å². The lowest BCUT2D eigenvalue weighted by molar-refractivity contribution is -0.139. The summed E-state index contributed by atoms with van der Waals surface area (Å²) in [5.41, 5.74) is 0. The maximum absolute atomic E-state index is 13.2. The SMILES string of the molecule is O=C(C1CCCCn2nnnc21)N1CCC(F)(F)CC1. The van der Waals surface area contributed by atoms with Crippen molar-refractivity contribution in [1.82, 2.24) is 25.1 Å². The number of fused-ring (bicyclic) bond motifs is 1. The molecule has 1 unspecified atom stereocenters. The lowest BCUT2D eigenvalue weighted by atomic mass is 9.98. The Kier molecular flexibility index (Phi) is 3.39. The second kappa shape index (κ2) is 5.06. The summed E-state index contributed by atoms with van der Waals surface area (Å²) in [5, 5.41) is 11.4. The van der Waals surface area contributed by atoms with E-state index in [2.05, 4.69) is 15.5 Å².